The second-order valence-corrected chi connectivity index (χ2v) is 12.0. The first-order chi connectivity index (χ1) is 18.2. The van der Waals surface area contributed by atoms with Gasteiger partial charge in [0.25, 0.3) is 0 Å². The summed E-state index contributed by atoms with van der Waals surface area (Å²) in [6.45, 7) is 5.69. The Balaban J connectivity index is 1.63. The van der Waals surface area contributed by atoms with E-state index in [1.54, 1.807) is 25.1 Å². The van der Waals surface area contributed by atoms with Crippen molar-refractivity contribution in [2.75, 3.05) is 29.8 Å². The van der Waals surface area contributed by atoms with Crippen LogP contribution in [0.1, 0.15) is 50.7 Å². The van der Waals surface area contributed by atoms with E-state index in [1.165, 1.54) is 11.8 Å². The molecule has 2 aromatic carbocycles. The summed E-state index contributed by atoms with van der Waals surface area (Å²) >= 11 is 0. The quantitative estimate of drug-likeness (QED) is 0.493. The summed E-state index contributed by atoms with van der Waals surface area (Å²) < 4.78 is 38.7. The number of benzene rings is 2. The van der Waals surface area contributed by atoms with Crippen molar-refractivity contribution >= 4 is 27.5 Å². The predicted octanol–water partition coefficient (Wildman–Crippen LogP) is 3.40. The highest BCUT2D eigenvalue weighted by Crippen LogP contribution is 2.35. The molecule has 1 atom stereocenters. The molecule has 0 bridgehead atoms. The lowest BCUT2D eigenvalue weighted by molar-refractivity contribution is -0.139. The van der Waals surface area contributed by atoms with E-state index < -0.39 is 28.5 Å². The summed E-state index contributed by atoms with van der Waals surface area (Å²) in [6, 6.07) is 11.8. The topological polar surface area (TPSA) is 105 Å². The Labute approximate surface area is 225 Å². The molecular formula is C28H37N3O6S. The number of hydrogen-bond donors (Lipinski definition) is 1. The molecule has 10 heteroatoms. The number of aryl methyl sites for hydroxylation is 1. The fraction of sp³-hybridized carbons (Fsp3) is 0.500. The van der Waals surface area contributed by atoms with Crippen molar-refractivity contribution < 1.29 is 27.5 Å². The number of nitrogens with zero attached hydrogens (tertiary/aromatic N) is 2. The Morgan fingerprint density at radius 2 is 1.74 bits per heavy atom. The lowest BCUT2D eigenvalue weighted by Crippen LogP contribution is -2.52. The Kier molecular flexibility index (Phi) is 8.81. The molecule has 2 amide bonds. The van der Waals surface area contributed by atoms with Crippen molar-refractivity contribution in [2.45, 2.75) is 65.1 Å². The van der Waals surface area contributed by atoms with E-state index in [1.807, 2.05) is 31.2 Å². The molecule has 2 aromatic rings. The van der Waals surface area contributed by atoms with Crippen molar-refractivity contribution in [1.29, 1.82) is 0 Å². The van der Waals surface area contributed by atoms with Gasteiger partial charge in [-0.1, -0.05) is 37.1 Å². The van der Waals surface area contributed by atoms with Gasteiger partial charge < -0.3 is 19.7 Å². The van der Waals surface area contributed by atoms with Crippen molar-refractivity contribution in [2.24, 2.45) is 0 Å². The third-order valence-corrected chi connectivity index (χ3v) is 9.01. The molecule has 9 nitrogen and oxygen atoms in total. The minimum atomic E-state index is -3.83. The number of carbonyl (C=O) groups is 2. The molecule has 38 heavy (non-hydrogen) atoms. The molecule has 0 aromatic heterocycles. The molecule has 1 heterocycles. The average Bonchev–Trinajstić information content (AvgIpc) is 3.43. The predicted molar refractivity (Wildman–Crippen MR) is 146 cm³/mol. The van der Waals surface area contributed by atoms with Crippen LogP contribution in [0.4, 0.5) is 5.69 Å². The molecule has 0 radical (unpaired) electrons. The minimum absolute atomic E-state index is 0.107. The summed E-state index contributed by atoms with van der Waals surface area (Å²) in [6.07, 6.45) is 4.00. The van der Waals surface area contributed by atoms with E-state index in [9.17, 15) is 18.0 Å². The van der Waals surface area contributed by atoms with Gasteiger partial charge >= 0.3 is 0 Å². The molecular weight excluding hydrogens is 506 g/mol. The Morgan fingerprint density at radius 1 is 1.05 bits per heavy atom. The Hall–Kier alpha value is -3.27. The number of amides is 2. The number of hydrogen-bond acceptors (Lipinski definition) is 6. The monoisotopic (exact) mass is 543 g/mol. The van der Waals surface area contributed by atoms with E-state index in [0.717, 1.165) is 41.1 Å². The van der Waals surface area contributed by atoms with Gasteiger partial charge in [-0.3, -0.25) is 13.9 Å². The third-order valence-electron chi connectivity index (χ3n) is 7.26. The van der Waals surface area contributed by atoms with Crippen molar-refractivity contribution in [1.82, 2.24) is 10.2 Å². The van der Waals surface area contributed by atoms with Gasteiger partial charge in [0.2, 0.25) is 21.8 Å². The fourth-order valence-electron chi connectivity index (χ4n) is 4.85. The van der Waals surface area contributed by atoms with Crippen molar-refractivity contribution in [3.8, 4) is 11.5 Å². The maximum Gasteiger partial charge on any atom is 0.244 e. The van der Waals surface area contributed by atoms with Crippen molar-refractivity contribution in [3.05, 3.63) is 53.6 Å². The maximum atomic E-state index is 13.9. The van der Waals surface area contributed by atoms with Crippen LogP contribution >= 0.6 is 0 Å². The van der Waals surface area contributed by atoms with Crippen LogP contribution in [0.5, 0.6) is 11.5 Å². The van der Waals surface area contributed by atoms with Crippen LogP contribution in [-0.2, 0) is 26.2 Å². The second kappa shape index (κ2) is 12.1. The molecule has 2 aliphatic rings. The van der Waals surface area contributed by atoms with Crippen molar-refractivity contribution in [3.63, 3.8) is 0 Å². The van der Waals surface area contributed by atoms with Crippen LogP contribution < -0.4 is 19.1 Å². The van der Waals surface area contributed by atoms with Crippen LogP contribution in [0, 0.1) is 6.92 Å². The smallest absolute Gasteiger partial charge is 0.244 e. The summed E-state index contributed by atoms with van der Waals surface area (Å²) in [5, 5.41) is 3.08. The maximum absolute atomic E-state index is 13.9. The lowest BCUT2D eigenvalue weighted by Gasteiger charge is -2.33. The van der Waals surface area contributed by atoms with E-state index >= 15 is 0 Å². The van der Waals surface area contributed by atoms with E-state index in [-0.39, 0.29) is 24.2 Å². The summed E-state index contributed by atoms with van der Waals surface area (Å²) in [7, 11) is -3.83. The molecule has 0 unspecified atom stereocenters. The third kappa shape index (κ3) is 6.40. The SMILES string of the molecule is CCS(=O)(=O)N(CC(=O)N(Cc1ccccc1C)[C@H](C)C(=O)NC1CCCC1)c1ccc2c(c1)OCCO2. The van der Waals surface area contributed by atoms with Gasteiger partial charge in [-0.05, 0) is 56.9 Å². The minimum Gasteiger partial charge on any atom is -0.486 e. The number of ether oxygens (including phenoxy) is 2. The number of anilines is 1. The molecule has 4 rings (SSSR count). The normalized spacial score (nSPS) is 16.1. The summed E-state index contributed by atoms with van der Waals surface area (Å²) in [5.74, 6) is 0.0685. The number of fused-ring (bicyclic) bond motifs is 1. The molecule has 206 valence electrons. The van der Waals surface area contributed by atoms with Crippen LogP contribution in [0.25, 0.3) is 0 Å². The van der Waals surface area contributed by atoms with E-state index in [4.69, 9.17) is 9.47 Å². The van der Waals surface area contributed by atoms with E-state index in [0.29, 0.717) is 30.4 Å². The number of rotatable bonds is 10. The highest BCUT2D eigenvalue weighted by atomic mass is 32.2. The van der Waals surface area contributed by atoms with E-state index in [2.05, 4.69) is 5.32 Å². The summed E-state index contributed by atoms with van der Waals surface area (Å²) in [5.41, 5.74) is 2.19. The van der Waals surface area contributed by atoms with Crippen LogP contribution in [0.2, 0.25) is 0 Å². The molecule has 1 saturated carbocycles. The van der Waals surface area contributed by atoms with Crippen LogP contribution in [0.3, 0.4) is 0 Å². The summed E-state index contributed by atoms with van der Waals surface area (Å²) in [4.78, 5) is 28.6. The van der Waals surface area contributed by atoms with Gasteiger partial charge in [-0.2, -0.15) is 0 Å². The standard InChI is InChI=1S/C28H37N3O6S/c1-4-38(34,35)31(24-13-14-25-26(17-24)37-16-15-36-25)19-27(32)30(18-22-10-6-5-9-20(22)2)21(3)28(33)29-23-11-7-8-12-23/h5-6,9-10,13-14,17,21,23H,4,7-8,11-12,15-16,18-19H2,1-3H3,(H,29,33)/t21-/m1/s1. The van der Waals surface area contributed by atoms with Crippen LogP contribution in [0.15, 0.2) is 42.5 Å². The molecule has 1 aliphatic heterocycles. The van der Waals surface area contributed by atoms with Crippen LogP contribution in [-0.4, -0.2) is 62.7 Å². The lowest BCUT2D eigenvalue weighted by atomic mass is 10.1. The average molecular weight is 544 g/mol. The zero-order valence-electron chi connectivity index (χ0n) is 22.3. The number of carbonyl (C=O) groups excluding carboxylic acids is 2. The zero-order valence-corrected chi connectivity index (χ0v) is 23.1. The fourth-order valence-corrected chi connectivity index (χ4v) is 5.91. The van der Waals surface area contributed by atoms with Gasteiger partial charge in [0, 0.05) is 18.7 Å². The second-order valence-electron chi connectivity index (χ2n) is 9.85. The molecule has 1 fully saturated rings. The molecule has 0 saturated heterocycles. The Bertz CT molecular complexity index is 1260. The molecule has 1 N–H and O–H groups in total. The molecule has 1 aliphatic carbocycles. The van der Waals surface area contributed by atoms with Gasteiger partial charge in [0.1, 0.15) is 25.8 Å². The highest BCUT2D eigenvalue weighted by Gasteiger charge is 2.32. The van der Waals surface area contributed by atoms with Gasteiger partial charge in [-0.15, -0.1) is 0 Å². The zero-order chi connectivity index (χ0) is 27.3. The number of nitrogens with one attached hydrogen (secondary N) is 1. The largest absolute Gasteiger partial charge is 0.486 e. The first-order valence-corrected chi connectivity index (χ1v) is 14.8. The first-order valence-electron chi connectivity index (χ1n) is 13.2. The Morgan fingerprint density at radius 3 is 2.42 bits per heavy atom. The first kappa shape index (κ1) is 27.8. The highest BCUT2D eigenvalue weighted by molar-refractivity contribution is 7.92. The molecule has 0 spiro atoms. The van der Waals surface area contributed by atoms with Gasteiger partial charge in [-0.25, -0.2) is 8.42 Å². The van der Waals surface area contributed by atoms with Gasteiger partial charge in [0.05, 0.1) is 11.4 Å². The van der Waals surface area contributed by atoms with Gasteiger partial charge in [0.15, 0.2) is 11.5 Å². The number of sulfonamides is 1.